The Kier molecular flexibility index (Phi) is 6.19. The molecule has 6 nitrogen and oxygen atoms in total. The van der Waals surface area contributed by atoms with Crippen molar-refractivity contribution in [3.8, 4) is 22.3 Å². The quantitative estimate of drug-likeness (QED) is 0.265. The molecule has 0 atom stereocenters. The number of halogens is 1. The second kappa shape index (κ2) is 9.76. The van der Waals surface area contributed by atoms with E-state index in [1.807, 2.05) is 48.5 Å². The highest BCUT2D eigenvalue weighted by atomic mass is 19.1. The maximum absolute atomic E-state index is 13.2. The van der Waals surface area contributed by atoms with E-state index in [1.165, 1.54) is 24.3 Å². The highest BCUT2D eigenvalue weighted by molar-refractivity contribution is 6.00. The molecule has 1 amide bonds. The highest BCUT2D eigenvalue weighted by Gasteiger charge is 2.16. The van der Waals surface area contributed by atoms with Crippen LogP contribution in [0.15, 0.2) is 101 Å². The Hall–Kier alpha value is -4.91. The lowest BCUT2D eigenvalue weighted by molar-refractivity contribution is 0.0698. The fourth-order valence-corrected chi connectivity index (χ4v) is 3.91. The minimum Gasteiger partial charge on any atom is -0.478 e. The van der Waals surface area contributed by atoms with Crippen molar-refractivity contribution in [1.82, 2.24) is 0 Å². The third kappa shape index (κ3) is 4.95. The number of rotatable bonds is 6. The van der Waals surface area contributed by atoms with E-state index >= 15 is 0 Å². The Morgan fingerprint density at radius 2 is 1.47 bits per heavy atom. The summed E-state index contributed by atoms with van der Waals surface area (Å²) in [6.45, 7) is -0.128. The summed E-state index contributed by atoms with van der Waals surface area (Å²) in [5, 5.41) is 13.0. The monoisotopic (exact) mass is 481 g/mol. The van der Waals surface area contributed by atoms with Crippen molar-refractivity contribution in [2.24, 2.45) is 0 Å². The molecule has 1 heterocycles. The molecule has 0 aliphatic carbocycles. The molecule has 0 radical (unpaired) electrons. The van der Waals surface area contributed by atoms with E-state index in [-0.39, 0.29) is 23.7 Å². The number of furan rings is 1. The van der Waals surface area contributed by atoms with Crippen molar-refractivity contribution in [3.63, 3.8) is 0 Å². The molecular weight excluding hydrogens is 461 g/mol. The van der Waals surface area contributed by atoms with Crippen LogP contribution in [0.1, 0.15) is 16.1 Å². The fraction of sp³-hybridized carbons (Fsp3) is 0.0345. The van der Waals surface area contributed by atoms with Gasteiger partial charge in [-0.15, -0.1) is 0 Å². The number of nitrogens with one attached hydrogen (secondary N) is 1. The molecule has 7 heteroatoms. The third-order valence-electron chi connectivity index (χ3n) is 5.68. The Morgan fingerprint density at radius 3 is 2.22 bits per heavy atom. The van der Waals surface area contributed by atoms with Crippen molar-refractivity contribution in [2.75, 3.05) is 5.32 Å². The van der Waals surface area contributed by atoms with Crippen LogP contribution in [0.3, 0.4) is 0 Å². The van der Waals surface area contributed by atoms with Gasteiger partial charge in [-0.25, -0.2) is 14.0 Å². The number of fused-ring (bicyclic) bond motifs is 1. The molecule has 0 fully saturated rings. The van der Waals surface area contributed by atoms with Gasteiger partial charge < -0.3 is 14.3 Å². The average Bonchev–Trinajstić information content (AvgIpc) is 3.31. The van der Waals surface area contributed by atoms with Gasteiger partial charge in [-0.05, 0) is 64.7 Å². The highest BCUT2D eigenvalue weighted by Crippen LogP contribution is 2.28. The van der Waals surface area contributed by atoms with Gasteiger partial charge in [0.2, 0.25) is 0 Å². The lowest BCUT2D eigenvalue weighted by Crippen LogP contribution is -2.16. The second-order valence-corrected chi connectivity index (χ2v) is 8.10. The molecule has 0 aliphatic heterocycles. The number of hydrogen-bond acceptors (Lipinski definition) is 4. The van der Waals surface area contributed by atoms with Gasteiger partial charge in [0.25, 0.3) is 0 Å². The summed E-state index contributed by atoms with van der Waals surface area (Å²) in [6.07, 6.45) is -0.822. The SMILES string of the molecule is O=C(Nc1ccc(-c2ccc(F)cc2)cc1C(=O)O)OCc1cc2cc(-c3ccccc3)ccc2o1. The summed E-state index contributed by atoms with van der Waals surface area (Å²) >= 11 is 0. The summed E-state index contributed by atoms with van der Waals surface area (Å²) in [4.78, 5) is 24.2. The van der Waals surface area contributed by atoms with Crippen LogP contribution >= 0.6 is 0 Å². The fourth-order valence-electron chi connectivity index (χ4n) is 3.91. The van der Waals surface area contributed by atoms with E-state index in [0.29, 0.717) is 22.5 Å². The number of anilines is 1. The van der Waals surface area contributed by atoms with E-state index in [1.54, 1.807) is 24.3 Å². The van der Waals surface area contributed by atoms with Gasteiger partial charge in [0, 0.05) is 5.39 Å². The lowest BCUT2D eigenvalue weighted by atomic mass is 10.0. The maximum Gasteiger partial charge on any atom is 0.412 e. The first kappa shape index (κ1) is 22.9. The Bertz CT molecular complexity index is 1560. The van der Waals surface area contributed by atoms with Crippen LogP contribution in [0.4, 0.5) is 14.9 Å². The molecule has 1 aromatic heterocycles. The molecule has 0 spiro atoms. The Balaban J connectivity index is 1.28. The van der Waals surface area contributed by atoms with E-state index < -0.39 is 12.1 Å². The van der Waals surface area contributed by atoms with Crippen molar-refractivity contribution in [1.29, 1.82) is 0 Å². The van der Waals surface area contributed by atoms with Crippen LogP contribution in [0, 0.1) is 5.82 Å². The first-order valence-corrected chi connectivity index (χ1v) is 11.1. The number of aromatic carboxylic acids is 1. The zero-order valence-electron chi connectivity index (χ0n) is 18.9. The van der Waals surface area contributed by atoms with Gasteiger partial charge in [-0.3, -0.25) is 5.32 Å². The predicted octanol–water partition coefficient (Wildman–Crippen LogP) is 7.35. The summed E-state index contributed by atoms with van der Waals surface area (Å²) in [6, 6.07) is 27.8. The van der Waals surface area contributed by atoms with Crippen molar-refractivity contribution < 1.29 is 28.2 Å². The summed E-state index contributed by atoms with van der Waals surface area (Å²) < 4.78 is 24.2. The first-order valence-electron chi connectivity index (χ1n) is 11.1. The Labute approximate surface area is 205 Å². The standard InChI is InChI=1S/C29H20FNO5/c30-23-10-6-19(7-11-23)21-8-12-26(25(16-21)28(32)33)31-29(34)35-17-24-15-22-14-20(9-13-27(22)36-24)18-4-2-1-3-5-18/h1-16H,17H2,(H,31,34)(H,32,33). The summed E-state index contributed by atoms with van der Waals surface area (Å²) in [5.41, 5.74) is 3.97. The molecular formula is C29H20FNO5. The number of carbonyl (C=O) groups is 2. The van der Waals surface area contributed by atoms with Crippen LogP contribution in [0.25, 0.3) is 33.2 Å². The number of hydrogen-bond donors (Lipinski definition) is 2. The normalized spacial score (nSPS) is 10.8. The molecule has 5 rings (SSSR count). The molecule has 4 aromatic carbocycles. The van der Waals surface area contributed by atoms with Crippen LogP contribution in [-0.4, -0.2) is 17.2 Å². The molecule has 36 heavy (non-hydrogen) atoms. The van der Waals surface area contributed by atoms with Gasteiger partial charge in [-0.1, -0.05) is 54.6 Å². The Morgan fingerprint density at radius 1 is 0.806 bits per heavy atom. The van der Waals surface area contributed by atoms with Crippen LogP contribution in [0.2, 0.25) is 0 Å². The number of carbonyl (C=O) groups excluding carboxylic acids is 1. The molecule has 0 bridgehead atoms. The smallest absolute Gasteiger partial charge is 0.412 e. The summed E-state index contributed by atoms with van der Waals surface area (Å²) in [5.74, 6) is -1.16. The minimum atomic E-state index is -1.22. The van der Waals surface area contributed by atoms with Crippen LogP contribution in [-0.2, 0) is 11.3 Å². The van der Waals surface area contributed by atoms with Gasteiger partial charge in [0.1, 0.15) is 17.2 Å². The zero-order chi connectivity index (χ0) is 25.1. The number of amides is 1. The van der Waals surface area contributed by atoms with Crippen molar-refractivity contribution in [2.45, 2.75) is 6.61 Å². The van der Waals surface area contributed by atoms with E-state index in [9.17, 15) is 19.1 Å². The van der Waals surface area contributed by atoms with Gasteiger partial charge in [0.15, 0.2) is 6.61 Å². The molecule has 5 aromatic rings. The number of ether oxygens (including phenoxy) is 1. The van der Waals surface area contributed by atoms with Crippen molar-refractivity contribution >= 4 is 28.7 Å². The van der Waals surface area contributed by atoms with E-state index in [0.717, 1.165) is 16.5 Å². The molecule has 0 saturated heterocycles. The molecule has 0 saturated carbocycles. The first-order chi connectivity index (χ1) is 17.5. The van der Waals surface area contributed by atoms with Gasteiger partial charge >= 0.3 is 12.1 Å². The predicted molar refractivity (Wildman–Crippen MR) is 134 cm³/mol. The van der Waals surface area contributed by atoms with E-state index in [2.05, 4.69) is 5.32 Å². The third-order valence-corrected chi connectivity index (χ3v) is 5.68. The molecule has 0 aliphatic rings. The van der Waals surface area contributed by atoms with Crippen molar-refractivity contribution in [3.05, 3.63) is 114 Å². The van der Waals surface area contributed by atoms with Crippen LogP contribution < -0.4 is 5.32 Å². The molecule has 178 valence electrons. The van der Waals surface area contributed by atoms with Crippen LogP contribution in [0.5, 0.6) is 0 Å². The second-order valence-electron chi connectivity index (χ2n) is 8.10. The zero-order valence-corrected chi connectivity index (χ0v) is 18.9. The lowest BCUT2D eigenvalue weighted by Gasteiger charge is -2.11. The largest absolute Gasteiger partial charge is 0.478 e. The maximum atomic E-state index is 13.2. The summed E-state index contributed by atoms with van der Waals surface area (Å²) in [7, 11) is 0. The van der Waals surface area contributed by atoms with Gasteiger partial charge in [0.05, 0.1) is 11.3 Å². The minimum absolute atomic E-state index is 0.0791. The van der Waals surface area contributed by atoms with E-state index in [4.69, 9.17) is 9.15 Å². The molecule has 0 unspecified atom stereocenters. The topological polar surface area (TPSA) is 88.8 Å². The number of benzene rings is 4. The number of carboxylic acids is 1. The number of carboxylic acid groups (broad SMARTS) is 1. The molecule has 2 N–H and O–H groups in total. The van der Waals surface area contributed by atoms with Gasteiger partial charge in [-0.2, -0.15) is 0 Å². The average molecular weight is 481 g/mol.